The summed E-state index contributed by atoms with van der Waals surface area (Å²) in [6.45, 7) is 2.02. The van der Waals surface area contributed by atoms with Gasteiger partial charge in [-0.15, -0.1) is 0 Å². The summed E-state index contributed by atoms with van der Waals surface area (Å²) in [5.74, 6) is 0.514. The van der Waals surface area contributed by atoms with Crippen LogP contribution in [-0.4, -0.2) is 10.1 Å². The summed E-state index contributed by atoms with van der Waals surface area (Å²) in [6, 6.07) is 1.71. The minimum absolute atomic E-state index is 0.514. The smallest absolute Gasteiger partial charge is 0.248 e. The third-order valence-corrected chi connectivity index (χ3v) is 1.57. The van der Waals surface area contributed by atoms with E-state index in [2.05, 4.69) is 14.7 Å². The predicted molar refractivity (Wildman–Crippen MR) is 41.4 cm³/mol. The number of nitrogens with zero attached hydrogens (tertiary/aromatic N) is 2. The monoisotopic (exact) mass is 164 g/mol. The topological polar surface area (TPSA) is 52.1 Å². The molecule has 4 nitrogen and oxygen atoms in total. The van der Waals surface area contributed by atoms with Gasteiger partial charge < -0.3 is 8.94 Å². The van der Waals surface area contributed by atoms with Crippen molar-refractivity contribution in [1.29, 1.82) is 0 Å². The van der Waals surface area contributed by atoms with Crippen LogP contribution in [0.25, 0.3) is 11.6 Å². The van der Waals surface area contributed by atoms with Gasteiger partial charge in [-0.1, -0.05) is 12.1 Å². The fraction of sp³-hybridized carbons (Fsp3) is 0.250. The van der Waals surface area contributed by atoms with Crippen molar-refractivity contribution in [3.8, 4) is 11.6 Å². The van der Waals surface area contributed by atoms with E-state index in [4.69, 9.17) is 4.42 Å². The number of hydrogen-bond donors (Lipinski definition) is 0. The molecular formula is C8H8N2O2. The molecule has 0 atom stereocenters. The summed E-state index contributed by atoms with van der Waals surface area (Å²) in [5, 5.41) is 3.70. The van der Waals surface area contributed by atoms with E-state index >= 15 is 0 Å². The molecule has 0 radical (unpaired) electrons. The van der Waals surface area contributed by atoms with E-state index in [1.54, 1.807) is 12.3 Å². The molecule has 2 aromatic rings. The summed E-state index contributed by atoms with van der Waals surface area (Å²) in [4.78, 5) is 4.18. The minimum Gasteiger partial charge on any atom is -0.443 e. The lowest BCUT2D eigenvalue weighted by molar-refractivity contribution is 0.419. The van der Waals surface area contributed by atoms with Gasteiger partial charge in [0.25, 0.3) is 0 Å². The summed E-state index contributed by atoms with van der Waals surface area (Å²) in [7, 11) is 0. The van der Waals surface area contributed by atoms with Gasteiger partial charge in [-0.3, -0.25) is 0 Å². The van der Waals surface area contributed by atoms with Crippen LogP contribution < -0.4 is 0 Å². The van der Waals surface area contributed by atoms with Gasteiger partial charge in [0, 0.05) is 6.07 Å². The molecule has 0 saturated carbocycles. The maximum atomic E-state index is 5.17. The highest BCUT2D eigenvalue weighted by atomic mass is 16.5. The third-order valence-electron chi connectivity index (χ3n) is 1.57. The van der Waals surface area contributed by atoms with Gasteiger partial charge in [-0.25, -0.2) is 4.98 Å². The summed E-state index contributed by atoms with van der Waals surface area (Å²) < 4.78 is 9.83. The highest BCUT2D eigenvalue weighted by molar-refractivity contribution is 5.44. The normalized spacial score (nSPS) is 10.4. The van der Waals surface area contributed by atoms with Crippen LogP contribution in [0, 0.1) is 0 Å². The van der Waals surface area contributed by atoms with Crippen molar-refractivity contribution < 1.29 is 8.94 Å². The second-order valence-corrected chi connectivity index (χ2v) is 2.38. The average Bonchev–Trinajstić information content (AvgIpc) is 2.75. The van der Waals surface area contributed by atoms with E-state index in [-0.39, 0.29) is 0 Å². The Labute approximate surface area is 69.2 Å². The zero-order valence-corrected chi connectivity index (χ0v) is 6.65. The van der Waals surface area contributed by atoms with Crippen LogP contribution in [-0.2, 0) is 6.42 Å². The SMILES string of the molecule is CCc1coc(-c2ccon2)n1. The minimum atomic E-state index is 0.514. The number of aryl methyl sites for hydroxylation is 1. The quantitative estimate of drug-likeness (QED) is 0.680. The molecule has 2 heterocycles. The first-order valence-electron chi connectivity index (χ1n) is 3.75. The number of oxazole rings is 1. The van der Waals surface area contributed by atoms with E-state index in [1.807, 2.05) is 6.92 Å². The second kappa shape index (κ2) is 2.81. The van der Waals surface area contributed by atoms with Gasteiger partial charge >= 0.3 is 0 Å². The van der Waals surface area contributed by atoms with Crippen LogP contribution in [0.2, 0.25) is 0 Å². The molecule has 4 heteroatoms. The summed E-state index contributed by atoms with van der Waals surface area (Å²) in [6.07, 6.45) is 3.98. The zero-order valence-electron chi connectivity index (χ0n) is 6.65. The first kappa shape index (κ1) is 7.09. The Kier molecular flexibility index (Phi) is 1.66. The first-order valence-corrected chi connectivity index (χ1v) is 3.75. The van der Waals surface area contributed by atoms with Gasteiger partial charge in [-0.05, 0) is 6.42 Å². The van der Waals surface area contributed by atoms with Gasteiger partial charge in [0.1, 0.15) is 12.5 Å². The fourth-order valence-electron chi connectivity index (χ4n) is 0.910. The Bertz CT molecular complexity index is 351. The Morgan fingerprint density at radius 1 is 1.50 bits per heavy atom. The van der Waals surface area contributed by atoms with Gasteiger partial charge in [0.2, 0.25) is 5.89 Å². The van der Waals surface area contributed by atoms with Crippen LogP contribution in [0.15, 0.2) is 27.5 Å². The maximum Gasteiger partial charge on any atom is 0.248 e. The van der Waals surface area contributed by atoms with E-state index in [9.17, 15) is 0 Å². The van der Waals surface area contributed by atoms with Crippen LogP contribution >= 0.6 is 0 Å². The van der Waals surface area contributed by atoms with Crippen molar-refractivity contribution in [2.75, 3.05) is 0 Å². The lowest BCUT2D eigenvalue weighted by Crippen LogP contribution is -1.79. The molecule has 0 amide bonds. The molecule has 0 spiro atoms. The standard InChI is InChI=1S/C8H8N2O2/c1-2-6-5-11-8(9-6)7-3-4-12-10-7/h3-5H,2H2,1H3. The van der Waals surface area contributed by atoms with Crippen LogP contribution in [0.3, 0.4) is 0 Å². The first-order chi connectivity index (χ1) is 5.90. The summed E-state index contributed by atoms with van der Waals surface area (Å²) in [5.41, 5.74) is 1.56. The lowest BCUT2D eigenvalue weighted by Gasteiger charge is -1.82. The molecule has 0 aliphatic rings. The second-order valence-electron chi connectivity index (χ2n) is 2.38. The van der Waals surface area contributed by atoms with Gasteiger partial charge in [-0.2, -0.15) is 0 Å². The van der Waals surface area contributed by atoms with Crippen molar-refractivity contribution >= 4 is 0 Å². The van der Waals surface area contributed by atoms with Gasteiger partial charge in [0.15, 0.2) is 5.69 Å². The number of aromatic nitrogens is 2. The predicted octanol–water partition coefficient (Wildman–Crippen LogP) is 1.89. The van der Waals surface area contributed by atoms with Crippen molar-refractivity contribution in [2.45, 2.75) is 13.3 Å². The van der Waals surface area contributed by atoms with E-state index in [1.165, 1.54) is 6.26 Å². The Morgan fingerprint density at radius 2 is 2.42 bits per heavy atom. The van der Waals surface area contributed by atoms with Crippen molar-refractivity contribution in [1.82, 2.24) is 10.1 Å². The summed E-state index contributed by atoms with van der Waals surface area (Å²) >= 11 is 0. The van der Waals surface area contributed by atoms with Crippen molar-refractivity contribution in [3.05, 3.63) is 24.3 Å². The highest BCUT2D eigenvalue weighted by Crippen LogP contribution is 2.15. The average molecular weight is 164 g/mol. The number of rotatable bonds is 2. The molecule has 2 aromatic heterocycles. The molecule has 0 bridgehead atoms. The molecule has 0 aliphatic heterocycles. The van der Waals surface area contributed by atoms with Crippen LogP contribution in [0.5, 0.6) is 0 Å². The lowest BCUT2D eigenvalue weighted by atomic mass is 10.4. The molecule has 0 unspecified atom stereocenters. The molecule has 0 N–H and O–H groups in total. The molecule has 0 fully saturated rings. The van der Waals surface area contributed by atoms with Crippen LogP contribution in [0.1, 0.15) is 12.6 Å². The molecular weight excluding hydrogens is 156 g/mol. The van der Waals surface area contributed by atoms with E-state index in [0.717, 1.165) is 12.1 Å². The largest absolute Gasteiger partial charge is 0.443 e. The fourth-order valence-corrected chi connectivity index (χ4v) is 0.910. The molecule has 0 saturated heterocycles. The number of hydrogen-bond acceptors (Lipinski definition) is 4. The van der Waals surface area contributed by atoms with E-state index in [0.29, 0.717) is 11.6 Å². The van der Waals surface area contributed by atoms with Gasteiger partial charge in [0.05, 0.1) is 5.69 Å². The molecule has 0 aliphatic carbocycles. The molecule has 0 aromatic carbocycles. The zero-order chi connectivity index (χ0) is 8.39. The Hall–Kier alpha value is -1.58. The Balaban J connectivity index is 2.35. The molecule has 12 heavy (non-hydrogen) atoms. The highest BCUT2D eigenvalue weighted by Gasteiger charge is 2.07. The van der Waals surface area contributed by atoms with Crippen molar-refractivity contribution in [3.63, 3.8) is 0 Å². The maximum absolute atomic E-state index is 5.17. The molecule has 2 rings (SSSR count). The van der Waals surface area contributed by atoms with Crippen molar-refractivity contribution in [2.24, 2.45) is 0 Å². The molecule has 62 valence electrons. The van der Waals surface area contributed by atoms with Crippen LogP contribution in [0.4, 0.5) is 0 Å². The van der Waals surface area contributed by atoms with E-state index < -0.39 is 0 Å². The Morgan fingerprint density at radius 3 is 3.00 bits per heavy atom. The third kappa shape index (κ3) is 1.11.